The Morgan fingerprint density at radius 1 is 1.00 bits per heavy atom. The Hall–Kier alpha value is -4.22. The summed E-state index contributed by atoms with van der Waals surface area (Å²) in [6.07, 6.45) is 10.4. The van der Waals surface area contributed by atoms with Crippen molar-refractivity contribution < 1.29 is 34.1 Å². The number of ether oxygens (including phenoxy) is 1. The van der Waals surface area contributed by atoms with Crippen molar-refractivity contribution in [2.45, 2.75) is 64.3 Å². The smallest absolute Gasteiger partial charge is 0.351 e. The first-order valence-electron chi connectivity index (χ1n) is 13.3. The summed E-state index contributed by atoms with van der Waals surface area (Å²) in [4.78, 5) is 41.2. The second-order valence-electron chi connectivity index (χ2n) is 9.13. The largest absolute Gasteiger partial charge is 0.497 e. The number of carbonyl (C=O) groups is 4. The fourth-order valence-electron chi connectivity index (χ4n) is 3.36. The minimum Gasteiger partial charge on any atom is -0.497 e. The van der Waals surface area contributed by atoms with Crippen LogP contribution in [-0.4, -0.2) is 54.0 Å². The molecule has 0 unspecified atom stereocenters. The average molecular weight is 573 g/mol. The third kappa shape index (κ3) is 20.4. The van der Waals surface area contributed by atoms with E-state index >= 15 is 0 Å². The lowest BCUT2D eigenvalue weighted by molar-refractivity contribution is -0.136. The molecule has 226 valence electrons. The number of nitrogens with two attached hydrogens (primary N) is 3. The number of hydrogen-bond donors (Lipinski definition) is 6. The summed E-state index contributed by atoms with van der Waals surface area (Å²) in [6.45, 7) is 2.00. The summed E-state index contributed by atoms with van der Waals surface area (Å²) in [7, 11) is 1.58. The Labute approximate surface area is 241 Å². The quantitative estimate of drug-likeness (QED) is 0.146. The minimum absolute atomic E-state index is 0.0595. The van der Waals surface area contributed by atoms with Crippen molar-refractivity contribution in [3.8, 4) is 5.75 Å². The summed E-state index contributed by atoms with van der Waals surface area (Å²) in [5.74, 6) is -1.27. The Morgan fingerprint density at radius 2 is 1.59 bits per heavy atom. The summed E-state index contributed by atoms with van der Waals surface area (Å²) < 4.78 is 4.93. The number of carboxylic acid groups (broad SMARTS) is 2. The van der Waals surface area contributed by atoms with Gasteiger partial charge < -0.3 is 37.5 Å². The van der Waals surface area contributed by atoms with Gasteiger partial charge in [-0.25, -0.2) is 4.79 Å². The van der Waals surface area contributed by atoms with Gasteiger partial charge in [0, 0.05) is 24.2 Å². The number of unbranched alkanes of at least 4 members (excludes halogenated alkanes) is 1. The molecule has 1 aliphatic rings. The number of carboxylic acids is 2. The molecule has 0 atom stereocenters. The molecule has 11 heteroatoms. The van der Waals surface area contributed by atoms with Gasteiger partial charge in [-0.2, -0.15) is 0 Å². The van der Waals surface area contributed by atoms with E-state index in [1.807, 2.05) is 0 Å². The highest BCUT2D eigenvalue weighted by Gasteiger charge is 2.06. The number of aldehydes is 1. The van der Waals surface area contributed by atoms with Crippen LogP contribution in [0.2, 0.25) is 0 Å². The normalized spacial score (nSPS) is 12.5. The molecule has 2 aromatic rings. The molecule has 1 saturated carbocycles. The number of allylic oxidation sites excluding steroid dienone is 1. The number of nitrogens with one attached hydrogen (secondary N) is 1. The van der Waals surface area contributed by atoms with E-state index in [2.05, 4.69) is 5.32 Å². The maximum atomic E-state index is 10.6. The lowest BCUT2D eigenvalue weighted by atomic mass is 9.97. The number of methoxy groups -OCH3 is 1. The van der Waals surface area contributed by atoms with Gasteiger partial charge in [0.1, 0.15) is 17.7 Å². The predicted molar refractivity (Wildman–Crippen MR) is 160 cm³/mol. The van der Waals surface area contributed by atoms with Crippen LogP contribution in [0.25, 0.3) is 0 Å². The molecular weight excluding hydrogens is 528 g/mol. The van der Waals surface area contributed by atoms with Crippen molar-refractivity contribution in [2.75, 3.05) is 19.0 Å². The number of amides is 1. The summed E-state index contributed by atoms with van der Waals surface area (Å²) in [5.41, 5.74) is 17.9. The summed E-state index contributed by atoms with van der Waals surface area (Å²) in [6, 6.07) is 14.2. The summed E-state index contributed by atoms with van der Waals surface area (Å²) >= 11 is 0. The zero-order valence-corrected chi connectivity index (χ0v) is 23.9. The average Bonchev–Trinajstić information content (AvgIpc) is 2.95. The zero-order chi connectivity index (χ0) is 31.0. The van der Waals surface area contributed by atoms with Crippen LogP contribution in [0.1, 0.15) is 67.8 Å². The van der Waals surface area contributed by atoms with Crippen molar-refractivity contribution in [3.05, 3.63) is 71.4 Å². The Morgan fingerprint density at radius 3 is 1.98 bits per heavy atom. The Kier molecular flexibility index (Phi) is 20.3. The molecule has 41 heavy (non-hydrogen) atoms. The zero-order valence-electron chi connectivity index (χ0n) is 23.9. The van der Waals surface area contributed by atoms with Crippen LogP contribution >= 0.6 is 0 Å². The molecule has 0 saturated heterocycles. The molecule has 2 aromatic carbocycles. The van der Waals surface area contributed by atoms with Crippen LogP contribution in [0.3, 0.4) is 0 Å². The number of hydrogen-bond acceptors (Lipinski definition) is 8. The molecule has 0 bridgehead atoms. The van der Waals surface area contributed by atoms with E-state index in [4.69, 9.17) is 32.2 Å². The van der Waals surface area contributed by atoms with Crippen molar-refractivity contribution in [3.63, 3.8) is 0 Å². The predicted octanol–water partition coefficient (Wildman–Crippen LogP) is 3.71. The molecule has 1 fully saturated rings. The van der Waals surface area contributed by atoms with Gasteiger partial charge in [-0.15, -0.1) is 0 Å². The number of aliphatic carboxylic acids is 2. The molecule has 0 aliphatic heterocycles. The van der Waals surface area contributed by atoms with Gasteiger partial charge in [-0.1, -0.05) is 37.5 Å². The van der Waals surface area contributed by atoms with Crippen molar-refractivity contribution in [1.82, 2.24) is 0 Å². The van der Waals surface area contributed by atoms with Gasteiger partial charge >= 0.3 is 11.9 Å². The number of anilines is 1. The molecule has 9 N–H and O–H groups in total. The SMILES string of the molecule is CC(=O)Nc1ccc(C=O)cc1.COc1ccc(CC(=O)O)cc1.NC1CCCCC1.NCCCC=C(N)C(=O)O. The van der Waals surface area contributed by atoms with Crippen LogP contribution in [0, 0.1) is 0 Å². The second-order valence-corrected chi connectivity index (χ2v) is 9.13. The highest BCUT2D eigenvalue weighted by atomic mass is 16.5. The fraction of sp³-hybridized carbons (Fsp3) is 0.400. The van der Waals surface area contributed by atoms with Crippen molar-refractivity contribution in [2.24, 2.45) is 17.2 Å². The topological polar surface area (TPSA) is 208 Å². The van der Waals surface area contributed by atoms with Gasteiger partial charge in [0.15, 0.2) is 0 Å². The molecule has 11 nitrogen and oxygen atoms in total. The van der Waals surface area contributed by atoms with Gasteiger partial charge in [0.05, 0.1) is 13.5 Å². The first-order chi connectivity index (χ1) is 19.5. The van der Waals surface area contributed by atoms with Crippen molar-refractivity contribution in [1.29, 1.82) is 0 Å². The van der Waals surface area contributed by atoms with E-state index in [0.29, 0.717) is 30.3 Å². The molecule has 0 heterocycles. The standard InChI is InChI=1S/C9H9NO2.C9H10O3.C6H12N2O2.C6H13N/c1-7(12)10-9-4-2-8(6-11)3-5-9;1-12-8-4-2-7(3-5-8)6-9(10)11;7-4-2-1-3-5(8)6(9)10;7-6-4-2-1-3-5-6/h2-6H,1H3,(H,10,12);2-5H,6H2,1H3,(H,10,11);3H,1-2,4,7-8H2,(H,9,10);6H,1-5,7H2. The van der Waals surface area contributed by atoms with E-state index < -0.39 is 11.9 Å². The first-order valence-corrected chi connectivity index (χ1v) is 13.3. The lowest BCUT2D eigenvalue weighted by Crippen LogP contribution is -2.22. The highest BCUT2D eigenvalue weighted by Crippen LogP contribution is 2.15. The second kappa shape index (κ2) is 22.6. The Balaban J connectivity index is 0.000000530. The van der Waals surface area contributed by atoms with E-state index in [-0.39, 0.29) is 18.0 Å². The van der Waals surface area contributed by atoms with Gasteiger partial charge in [0.25, 0.3) is 0 Å². The van der Waals surface area contributed by atoms with Gasteiger partial charge in [0.2, 0.25) is 5.91 Å². The van der Waals surface area contributed by atoms with Gasteiger partial charge in [-0.3, -0.25) is 14.4 Å². The Bertz CT molecular complexity index is 1070. The number of rotatable bonds is 9. The fourth-order valence-corrected chi connectivity index (χ4v) is 3.36. The van der Waals surface area contributed by atoms with E-state index in [1.165, 1.54) is 45.1 Å². The molecular formula is C30H44N4O7. The number of carbonyl (C=O) groups excluding carboxylic acids is 2. The van der Waals surface area contributed by atoms with Gasteiger partial charge in [-0.05, 0) is 74.2 Å². The van der Waals surface area contributed by atoms with E-state index in [0.717, 1.165) is 24.0 Å². The first kappa shape index (κ1) is 36.8. The van der Waals surface area contributed by atoms with Crippen LogP contribution in [0.4, 0.5) is 5.69 Å². The highest BCUT2D eigenvalue weighted by molar-refractivity contribution is 5.89. The summed E-state index contributed by atoms with van der Waals surface area (Å²) in [5, 5.41) is 19.3. The van der Waals surface area contributed by atoms with Crippen LogP contribution < -0.4 is 27.3 Å². The van der Waals surface area contributed by atoms with Crippen molar-refractivity contribution >= 4 is 29.8 Å². The number of benzene rings is 2. The van der Waals surface area contributed by atoms with Crippen LogP contribution in [-0.2, 0) is 20.8 Å². The van der Waals surface area contributed by atoms with E-state index in [1.54, 1.807) is 55.6 Å². The molecule has 1 aliphatic carbocycles. The molecule has 0 spiro atoms. The minimum atomic E-state index is -1.07. The molecule has 0 aromatic heterocycles. The maximum Gasteiger partial charge on any atom is 0.351 e. The maximum absolute atomic E-state index is 10.6. The monoisotopic (exact) mass is 572 g/mol. The molecule has 0 radical (unpaired) electrons. The third-order valence-corrected chi connectivity index (χ3v) is 5.55. The molecule has 1 amide bonds. The van der Waals surface area contributed by atoms with E-state index in [9.17, 15) is 19.2 Å². The lowest BCUT2D eigenvalue weighted by Gasteiger charge is -2.15. The van der Waals surface area contributed by atoms with Crippen LogP contribution in [0.5, 0.6) is 5.75 Å². The molecule has 3 rings (SSSR count). The van der Waals surface area contributed by atoms with Crippen LogP contribution in [0.15, 0.2) is 60.3 Å². The third-order valence-electron chi connectivity index (χ3n) is 5.55.